The molecule has 2 heterocycles. The van der Waals surface area contributed by atoms with Crippen molar-refractivity contribution in [2.45, 2.75) is 56.5 Å². The van der Waals surface area contributed by atoms with Crippen LogP contribution in [0.5, 0.6) is 0 Å². The zero-order valence-corrected chi connectivity index (χ0v) is 16.0. The summed E-state index contributed by atoms with van der Waals surface area (Å²) >= 11 is 0. The van der Waals surface area contributed by atoms with Crippen LogP contribution in [0.25, 0.3) is 0 Å². The number of nitrogens with zero attached hydrogens (tertiary/aromatic N) is 1. The van der Waals surface area contributed by atoms with E-state index >= 15 is 0 Å². The van der Waals surface area contributed by atoms with E-state index in [1.807, 2.05) is 0 Å². The van der Waals surface area contributed by atoms with Crippen LogP contribution in [0, 0.1) is 17.8 Å². The molecule has 0 aromatic heterocycles. The number of piperidine rings is 1. The Morgan fingerprint density at radius 2 is 1.93 bits per heavy atom. The molecular formula is C19H30F4N4O. The summed E-state index contributed by atoms with van der Waals surface area (Å²) in [5.74, 6) is -1.34. The molecule has 4 atom stereocenters. The van der Waals surface area contributed by atoms with Gasteiger partial charge in [0.05, 0.1) is 5.92 Å². The van der Waals surface area contributed by atoms with E-state index in [-0.39, 0.29) is 37.0 Å². The molecule has 1 amide bonds. The number of carbonyl (C=O) groups is 1. The van der Waals surface area contributed by atoms with Crippen molar-refractivity contribution in [3.8, 4) is 0 Å². The molecule has 0 aromatic carbocycles. The first-order chi connectivity index (χ1) is 13.3. The number of hydrogen-bond acceptors (Lipinski definition) is 4. The van der Waals surface area contributed by atoms with Crippen LogP contribution in [0.15, 0.2) is 12.7 Å². The fourth-order valence-electron chi connectivity index (χ4n) is 4.77. The molecule has 0 aromatic rings. The van der Waals surface area contributed by atoms with Gasteiger partial charge in [0.1, 0.15) is 6.17 Å². The lowest BCUT2D eigenvalue weighted by Gasteiger charge is -2.45. The van der Waals surface area contributed by atoms with Crippen molar-refractivity contribution >= 4 is 5.91 Å². The summed E-state index contributed by atoms with van der Waals surface area (Å²) < 4.78 is 52.8. The van der Waals surface area contributed by atoms with Gasteiger partial charge in [-0.2, -0.15) is 13.2 Å². The van der Waals surface area contributed by atoms with Crippen molar-refractivity contribution in [3.05, 3.63) is 12.7 Å². The number of nitrogens with one attached hydrogen (secondary N) is 3. The summed E-state index contributed by atoms with van der Waals surface area (Å²) in [5.41, 5.74) is 2.94. The van der Waals surface area contributed by atoms with Crippen molar-refractivity contribution in [1.82, 2.24) is 21.1 Å². The lowest BCUT2D eigenvalue weighted by Crippen LogP contribution is -2.59. The van der Waals surface area contributed by atoms with Crippen LogP contribution in [0.3, 0.4) is 0 Å². The standard InChI is InChI=1S/C19H30F4N4O/c1-2-18(28)25-9-13-8-24-16(12-3-5-15(20)6-4-12)7-17(13)27-11-14(10-26-27)19(21,22)23/h2,12-17,24,26H,1,3-11H2,(H,25,28). The highest BCUT2D eigenvalue weighted by molar-refractivity contribution is 5.86. The van der Waals surface area contributed by atoms with E-state index in [4.69, 9.17) is 0 Å². The molecule has 5 nitrogen and oxygen atoms in total. The maximum atomic E-state index is 13.5. The summed E-state index contributed by atoms with van der Waals surface area (Å²) in [6.45, 7) is 4.22. The first-order valence-electron chi connectivity index (χ1n) is 10.1. The van der Waals surface area contributed by atoms with Gasteiger partial charge in [0, 0.05) is 44.2 Å². The Kier molecular flexibility index (Phi) is 6.98. The average Bonchev–Trinajstić information content (AvgIpc) is 3.17. The van der Waals surface area contributed by atoms with E-state index in [1.165, 1.54) is 6.08 Å². The van der Waals surface area contributed by atoms with Gasteiger partial charge in [0.15, 0.2) is 0 Å². The molecular weight excluding hydrogens is 376 g/mol. The monoisotopic (exact) mass is 406 g/mol. The van der Waals surface area contributed by atoms with Crippen LogP contribution in [0.1, 0.15) is 32.1 Å². The highest BCUT2D eigenvalue weighted by atomic mass is 19.4. The molecule has 3 N–H and O–H groups in total. The van der Waals surface area contributed by atoms with Crippen LogP contribution < -0.4 is 16.1 Å². The fraction of sp³-hybridized carbons (Fsp3) is 0.842. The van der Waals surface area contributed by atoms with E-state index in [2.05, 4.69) is 22.6 Å². The molecule has 1 aliphatic carbocycles. The molecule has 3 fully saturated rings. The zero-order chi connectivity index (χ0) is 20.3. The van der Waals surface area contributed by atoms with Gasteiger partial charge in [-0.05, 0) is 44.1 Å². The summed E-state index contributed by atoms with van der Waals surface area (Å²) in [4.78, 5) is 11.5. The van der Waals surface area contributed by atoms with Crippen LogP contribution in [0.2, 0.25) is 0 Å². The highest BCUT2D eigenvalue weighted by Crippen LogP contribution is 2.35. The predicted octanol–water partition coefficient (Wildman–Crippen LogP) is 2.16. The minimum Gasteiger partial charge on any atom is -0.352 e. The molecule has 1 saturated carbocycles. The van der Waals surface area contributed by atoms with Crippen molar-refractivity contribution in [2.24, 2.45) is 17.8 Å². The second-order valence-electron chi connectivity index (χ2n) is 8.29. The largest absolute Gasteiger partial charge is 0.394 e. The summed E-state index contributed by atoms with van der Waals surface area (Å²) in [6.07, 6.45) is -0.338. The quantitative estimate of drug-likeness (QED) is 0.484. The molecule has 9 heteroatoms. The van der Waals surface area contributed by atoms with Gasteiger partial charge in [0.25, 0.3) is 0 Å². The number of halogens is 4. The van der Waals surface area contributed by atoms with Gasteiger partial charge in [-0.1, -0.05) is 6.58 Å². The SMILES string of the molecule is C=CC(=O)NCC1CNC(C2CCC(F)CC2)CC1N1CC(C(F)(F)F)CN1. The topological polar surface area (TPSA) is 56.4 Å². The van der Waals surface area contributed by atoms with E-state index < -0.39 is 18.3 Å². The number of alkyl halides is 4. The van der Waals surface area contributed by atoms with E-state index in [0.29, 0.717) is 38.3 Å². The van der Waals surface area contributed by atoms with E-state index in [1.54, 1.807) is 5.01 Å². The Hall–Kier alpha value is -1.19. The first kappa shape index (κ1) is 21.5. The Balaban J connectivity index is 1.66. The normalized spacial score (nSPS) is 37.6. The van der Waals surface area contributed by atoms with E-state index in [9.17, 15) is 22.4 Å². The number of amides is 1. The molecule has 2 aliphatic heterocycles. The van der Waals surface area contributed by atoms with Crippen molar-refractivity contribution in [1.29, 1.82) is 0 Å². The summed E-state index contributed by atoms with van der Waals surface area (Å²) in [7, 11) is 0. The van der Waals surface area contributed by atoms with Crippen LogP contribution in [-0.2, 0) is 4.79 Å². The van der Waals surface area contributed by atoms with E-state index in [0.717, 1.165) is 12.8 Å². The summed E-state index contributed by atoms with van der Waals surface area (Å²) in [6, 6.07) is 0.0439. The second-order valence-corrected chi connectivity index (χ2v) is 8.29. The smallest absolute Gasteiger partial charge is 0.352 e. The molecule has 0 spiro atoms. The molecule has 0 bridgehead atoms. The maximum absolute atomic E-state index is 13.5. The lowest BCUT2D eigenvalue weighted by molar-refractivity contribution is -0.168. The zero-order valence-electron chi connectivity index (χ0n) is 16.0. The van der Waals surface area contributed by atoms with Gasteiger partial charge in [-0.3, -0.25) is 10.2 Å². The third-order valence-electron chi connectivity index (χ3n) is 6.50. The molecule has 2 saturated heterocycles. The third kappa shape index (κ3) is 5.24. The fourth-order valence-corrected chi connectivity index (χ4v) is 4.77. The second kappa shape index (κ2) is 9.09. The Morgan fingerprint density at radius 1 is 1.21 bits per heavy atom. The molecule has 160 valence electrons. The maximum Gasteiger partial charge on any atom is 0.394 e. The van der Waals surface area contributed by atoms with Gasteiger partial charge < -0.3 is 10.6 Å². The number of hydrogen-bond donors (Lipinski definition) is 3. The highest BCUT2D eigenvalue weighted by Gasteiger charge is 2.47. The Bertz CT molecular complexity index is 551. The lowest BCUT2D eigenvalue weighted by atomic mass is 9.77. The number of hydrazine groups is 1. The number of carbonyl (C=O) groups excluding carboxylic acids is 1. The minimum absolute atomic E-state index is 0.0165. The molecule has 28 heavy (non-hydrogen) atoms. The van der Waals surface area contributed by atoms with Gasteiger partial charge in [0.2, 0.25) is 5.91 Å². The van der Waals surface area contributed by atoms with Crippen LogP contribution in [-0.4, -0.2) is 61.5 Å². The minimum atomic E-state index is -4.22. The van der Waals surface area contributed by atoms with Crippen molar-refractivity contribution < 1.29 is 22.4 Å². The summed E-state index contributed by atoms with van der Waals surface area (Å²) in [5, 5.41) is 8.01. The molecule has 0 radical (unpaired) electrons. The average molecular weight is 406 g/mol. The van der Waals surface area contributed by atoms with Gasteiger partial charge in [-0.15, -0.1) is 0 Å². The van der Waals surface area contributed by atoms with Crippen LogP contribution >= 0.6 is 0 Å². The van der Waals surface area contributed by atoms with Gasteiger partial charge >= 0.3 is 6.18 Å². The molecule has 3 aliphatic rings. The molecule has 4 unspecified atom stereocenters. The molecule has 3 rings (SSSR count). The third-order valence-corrected chi connectivity index (χ3v) is 6.50. The number of rotatable bonds is 5. The Morgan fingerprint density at radius 3 is 2.54 bits per heavy atom. The predicted molar refractivity (Wildman–Crippen MR) is 98.0 cm³/mol. The first-order valence-corrected chi connectivity index (χ1v) is 10.1. The Labute approximate surface area is 163 Å². The van der Waals surface area contributed by atoms with Gasteiger partial charge in [-0.25, -0.2) is 9.40 Å². The van der Waals surface area contributed by atoms with Crippen molar-refractivity contribution in [2.75, 3.05) is 26.2 Å². The van der Waals surface area contributed by atoms with Crippen molar-refractivity contribution in [3.63, 3.8) is 0 Å². The van der Waals surface area contributed by atoms with Crippen LogP contribution in [0.4, 0.5) is 17.6 Å².